The highest BCUT2D eigenvalue weighted by Gasteiger charge is 2.53. The standard InChI is InChI=1S/C20H25NO3S/c1-23-15-3-4-16-13(8-15)2-5-17-18(16)24-7-6-21(17)19(22)14-9-20(10-14)11-25-12-20/h3-4,8,14,17-18H,2,5-7,9-12H2,1H3. The summed E-state index contributed by atoms with van der Waals surface area (Å²) in [7, 11) is 1.71. The van der Waals surface area contributed by atoms with Crippen molar-refractivity contribution in [3.63, 3.8) is 0 Å². The molecule has 2 heterocycles. The van der Waals surface area contributed by atoms with E-state index in [1.165, 1.54) is 22.6 Å². The normalized spacial score (nSPS) is 30.0. The number of aryl methyl sites for hydroxylation is 1. The average Bonchev–Trinajstić information content (AvgIpc) is 2.57. The summed E-state index contributed by atoms with van der Waals surface area (Å²) >= 11 is 2.03. The van der Waals surface area contributed by atoms with Gasteiger partial charge in [0.05, 0.1) is 19.8 Å². The van der Waals surface area contributed by atoms with Gasteiger partial charge in [-0.25, -0.2) is 0 Å². The van der Waals surface area contributed by atoms with Gasteiger partial charge in [0, 0.05) is 12.5 Å². The van der Waals surface area contributed by atoms with E-state index in [1.54, 1.807) is 7.11 Å². The number of thioether (sulfide) groups is 1. The van der Waals surface area contributed by atoms with Gasteiger partial charge in [0.2, 0.25) is 5.91 Å². The number of methoxy groups -OCH3 is 1. The van der Waals surface area contributed by atoms with E-state index in [4.69, 9.17) is 9.47 Å². The van der Waals surface area contributed by atoms with Gasteiger partial charge in [0.1, 0.15) is 11.9 Å². The van der Waals surface area contributed by atoms with Crippen molar-refractivity contribution in [1.82, 2.24) is 4.90 Å². The molecule has 0 radical (unpaired) electrons. The van der Waals surface area contributed by atoms with E-state index in [0.29, 0.717) is 17.9 Å². The predicted molar refractivity (Wildman–Crippen MR) is 98.0 cm³/mol. The molecule has 1 spiro atoms. The maximum atomic E-state index is 13.1. The lowest BCUT2D eigenvalue weighted by molar-refractivity contribution is -0.159. The molecular weight excluding hydrogens is 334 g/mol. The third-order valence-electron chi connectivity index (χ3n) is 6.55. The van der Waals surface area contributed by atoms with Gasteiger partial charge in [-0.3, -0.25) is 4.79 Å². The molecule has 3 fully saturated rings. The molecule has 2 atom stereocenters. The van der Waals surface area contributed by atoms with E-state index in [9.17, 15) is 4.79 Å². The molecule has 134 valence electrons. The van der Waals surface area contributed by atoms with Crippen LogP contribution in [0.5, 0.6) is 5.75 Å². The number of rotatable bonds is 2. The highest BCUT2D eigenvalue weighted by molar-refractivity contribution is 8.00. The highest BCUT2D eigenvalue weighted by atomic mass is 32.2. The molecule has 2 aliphatic heterocycles. The van der Waals surface area contributed by atoms with Gasteiger partial charge in [0.15, 0.2) is 0 Å². The Morgan fingerprint density at radius 2 is 2.20 bits per heavy atom. The maximum Gasteiger partial charge on any atom is 0.226 e. The molecule has 2 unspecified atom stereocenters. The molecule has 4 aliphatic rings. The number of fused-ring (bicyclic) bond motifs is 3. The lowest BCUT2D eigenvalue weighted by atomic mass is 9.63. The summed E-state index contributed by atoms with van der Waals surface area (Å²) < 4.78 is 11.5. The van der Waals surface area contributed by atoms with Crippen molar-refractivity contribution in [2.45, 2.75) is 37.8 Å². The first-order valence-electron chi connectivity index (χ1n) is 9.36. The maximum absolute atomic E-state index is 13.1. The Balaban J connectivity index is 1.34. The summed E-state index contributed by atoms with van der Waals surface area (Å²) in [5.41, 5.74) is 3.07. The Labute approximate surface area is 153 Å². The smallest absolute Gasteiger partial charge is 0.226 e. The zero-order valence-electron chi connectivity index (χ0n) is 14.7. The largest absolute Gasteiger partial charge is 0.497 e. The molecule has 5 rings (SSSR count). The molecule has 1 aromatic carbocycles. The molecular formula is C20H25NO3S. The monoisotopic (exact) mass is 359 g/mol. The second kappa shape index (κ2) is 5.92. The summed E-state index contributed by atoms with van der Waals surface area (Å²) in [6.07, 6.45) is 4.24. The second-order valence-electron chi connectivity index (χ2n) is 8.09. The molecule has 0 bridgehead atoms. The SMILES string of the molecule is COc1ccc2c(c1)CCC1C2OCCN1C(=O)C1CC2(CSC2)C1. The van der Waals surface area contributed by atoms with Crippen molar-refractivity contribution < 1.29 is 14.3 Å². The van der Waals surface area contributed by atoms with Crippen LogP contribution in [0.2, 0.25) is 0 Å². The van der Waals surface area contributed by atoms with Gasteiger partial charge < -0.3 is 14.4 Å². The van der Waals surface area contributed by atoms with Crippen LogP contribution in [0.25, 0.3) is 0 Å². The third-order valence-corrected chi connectivity index (χ3v) is 8.19. The second-order valence-corrected chi connectivity index (χ2v) is 9.08. The van der Waals surface area contributed by atoms with E-state index >= 15 is 0 Å². The van der Waals surface area contributed by atoms with Crippen LogP contribution in [-0.2, 0) is 16.0 Å². The molecule has 2 saturated heterocycles. The van der Waals surface area contributed by atoms with Crippen LogP contribution in [0.3, 0.4) is 0 Å². The average molecular weight is 359 g/mol. The van der Waals surface area contributed by atoms with Crippen LogP contribution in [0.1, 0.15) is 36.5 Å². The van der Waals surface area contributed by atoms with Gasteiger partial charge >= 0.3 is 0 Å². The minimum atomic E-state index is 0.0284. The first kappa shape index (κ1) is 16.0. The molecule has 25 heavy (non-hydrogen) atoms. The zero-order valence-corrected chi connectivity index (χ0v) is 15.5. The molecule has 1 saturated carbocycles. The number of carbonyl (C=O) groups is 1. The van der Waals surface area contributed by atoms with Gasteiger partial charge in [-0.15, -0.1) is 0 Å². The Morgan fingerprint density at radius 1 is 1.36 bits per heavy atom. The lowest BCUT2D eigenvalue weighted by Gasteiger charge is -2.55. The summed E-state index contributed by atoms with van der Waals surface area (Å²) in [5.74, 6) is 4.08. The van der Waals surface area contributed by atoms with Crippen molar-refractivity contribution in [2.24, 2.45) is 11.3 Å². The number of carbonyl (C=O) groups excluding carboxylic acids is 1. The van der Waals surface area contributed by atoms with Crippen molar-refractivity contribution in [2.75, 3.05) is 31.8 Å². The van der Waals surface area contributed by atoms with E-state index in [-0.39, 0.29) is 18.1 Å². The Bertz CT molecular complexity index is 694. The van der Waals surface area contributed by atoms with E-state index in [1.807, 2.05) is 17.8 Å². The van der Waals surface area contributed by atoms with Gasteiger partial charge in [-0.05, 0) is 65.9 Å². The van der Waals surface area contributed by atoms with Crippen molar-refractivity contribution >= 4 is 17.7 Å². The Morgan fingerprint density at radius 3 is 2.92 bits per heavy atom. The van der Waals surface area contributed by atoms with Crippen LogP contribution >= 0.6 is 11.8 Å². The third kappa shape index (κ3) is 2.50. The topological polar surface area (TPSA) is 38.8 Å². The minimum Gasteiger partial charge on any atom is -0.497 e. The summed E-state index contributed by atoms with van der Waals surface area (Å²) in [5, 5.41) is 0. The molecule has 1 amide bonds. The summed E-state index contributed by atoms with van der Waals surface area (Å²) in [6.45, 7) is 1.40. The number of morpholine rings is 1. The predicted octanol–water partition coefficient (Wildman–Crippen LogP) is 3.05. The lowest BCUT2D eigenvalue weighted by Crippen LogP contribution is -2.58. The van der Waals surface area contributed by atoms with Crippen LogP contribution < -0.4 is 4.74 Å². The number of nitrogens with zero attached hydrogens (tertiary/aromatic N) is 1. The molecule has 0 N–H and O–H groups in total. The summed E-state index contributed by atoms with van der Waals surface area (Å²) in [6, 6.07) is 6.46. The number of ether oxygens (including phenoxy) is 2. The van der Waals surface area contributed by atoms with Crippen LogP contribution in [-0.4, -0.2) is 48.6 Å². The van der Waals surface area contributed by atoms with Crippen molar-refractivity contribution in [3.05, 3.63) is 29.3 Å². The van der Waals surface area contributed by atoms with Crippen LogP contribution in [0, 0.1) is 11.3 Å². The molecule has 0 aromatic heterocycles. The Kier molecular flexibility index (Phi) is 3.79. The molecule has 2 aliphatic carbocycles. The Hall–Kier alpha value is -1.20. The van der Waals surface area contributed by atoms with Crippen molar-refractivity contribution in [3.8, 4) is 5.75 Å². The highest BCUT2D eigenvalue weighted by Crippen LogP contribution is 2.56. The van der Waals surface area contributed by atoms with Crippen molar-refractivity contribution in [1.29, 1.82) is 0 Å². The zero-order chi connectivity index (χ0) is 17.0. The molecule has 5 heteroatoms. The van der Waals surface area contributed by atoms with Gasteiger partial charge in [-0.1, -0.05) is 6.07 Å². The van der Waals surface area contributed by atoms with E-state index in [2.05, 4.69) is 17.0 Å². The minimum absolute atomic E-state index is 0.0284. The quantitative estimate of drug-likeness (QED) is 0.814. The van der Waals surface area contributed by atoms with E-state index in [0.717, 1.165) is 38.0 Å². The number of hydrogen-bond donors (Lipinski definition) is 0. The van der Waals surface area contributed by atoms with Crippen LogP contribution in [0.15, 0.2) is 18.2 Å². The molecule has 4 nitrogen and oxygen atoms in total. The fraction of sp³-hybridized carbons (Fsp3) is 0.650. The molecule has 1 aromatic rings. The number of hydrogen-bond acceptors (Lipinski definition) is 4. The fourth-order valence-corrected chi connectivity index (χ4v) is 6.38. The van der Waals surface area contributed by atoms with Gasteiger partial charge in [0.25, 0.3) is 0 Å². The first-order chi connectivity index (χ1) is 12.2. The number of amides is 1. The summed E-state index contributed by atoms with van der Waals surface area (Å²) in [4.78, 5) is 15.3. The first-order valence-corrected chi connectivity index (χ1v) is 10.5. The van der Waals surface area contributed by atoms with Crippen LogP contribution in [0.4, 0.5) is 0 Å². The van der Waals surface area contributed by atoms with Gasteiger partial charge in [-0.2, -0.15) is 11.8 Å². The number of benzene rings is 1. The van der Waals surface area contributed by atoms with E-state index < -0.39 is 0 Å². The fourth-order valence-electron chi connectivity index (χ4n) is 5.12.